The highest BCUT2D eigenvalue weighted by molar-refractivity contribution is 5.86. The topological polar surface area (TPSA) is 87.3 Å². The smallest absolute Gasteiger partial charge is 0.223 e. The van der Waals surface area contributed by atoms with E-state index in [-0.39, 0.29) is 35.5 Å². The monoisotopic (exact) mass is 1050 g/mol. The third-order valence-electron chi connectivity index (χ3n) is 16.3. The zero-order valence-electron chi connectivity index (χ0n) is 50.6. The Hall–Kier alpha value is -2.37. The molecular weight excluding hydrogens is 919 g/mol. The normalized spacial score (nSPS) is 16.0. The molecule has 0 aliphatic heterocycles. The minimum absolute atomic E-state index is 0.0297. The molecule has 1 aliphatic rings. The second kappa shape index (κ2) is 57.8. The molecule has 0 saturated heterocycles. The van der Waals surface area contributed by atoms with Crippen molar-refractivity contribution in [3.05, 3.63) is 36.5 Å². The van der Waals surface area contributed by atoms with Crippen LogP contribution in [-0.4, -0.2) is 37.4 Å². The van der Waals surface area contributed by atoms with E-state index in [0.29, 0.717) is 38.9 Å². The zero-order valence-corrected chi connectivity index (χ0v) is 50.6. The Bertz CT molecular complexity index is 1160. The zero-order chi connectivity index (χ0) is 54.0. The molecule has 75 heavy (non-hydrogen) atoms. The van der Waals surface area contributed by atoms with Crippen molar-refractivity contribution in [2.75, 3.05) is 19.6 Å². The molecule has 3 amide bonds. The lowest BCUT2D eigenvalue weighted by atomic mass is 9.74. The van der Waals surface area contributed by atoms with Gasteiger partial charge in [0.1, 0.15) is 0 Å². The lowest BCUT2D eigenvalue weighted by molar-refractivity contribution is -0.134. The maximum absolute atomic E-state index is 13.6. The Labute approximate surface area is 468 Å². The van der Waals surface area contributed by atoms with Gasteiger partial charge in [-0.05, 0) is 116 Å². The number of nitrogens with one attached hydrogen (secondary N) is 3. The number of rotatable bonds is 57. The average Bonchev–Trinajstić information content (AvgIpc) is 3.42. The van der Waals surface area contributed by atoms with Crippen LogP contribution in [0, 0.1) is 17.8 Å². The van der Waals surface area contributed by atoms with Gasteiger partial charge in [0.05, 0.1) is 0 Å². The van der Waals surface area contributed by atoms with Crippen molar-refractivity contribution in [2.24, 2.45) is 17.8 Å². The van der Waals surface area contributed by atoms with Crippen LogP contribution in [0.25, 0.3) is 0 Å². The Kier molecular flexibility index (Phi) is 54.4. The standard InChI is InChI=1S/C69H129N3O3/c1-4-7-10-13-16-19-22-25-28-31-34-37-40-43-46-49-52-55-58-70-67(73)64-61-65(68(74)71-59-56-53-50-47-44-41-38-35-32-29-26-23-20-17-14-11-8-5-2)63-66(62-64)69(75)72-60-57-54-51-48-45-42-39-36-33-30-27-24-21-18-15-12-9-6-3/h31-36,64-66H,4-30,37-63H2,1-3H3,(H,70,73)(H,71,74)(H,72,75)/b34-31-,35-32-,36-33-. The molecule has 6 heteroatoms. The quantitative estimate of drug-likeness (QED) is 0.0419. The van der Waals surface area contributed by atoms with Crippen molar-refractivity contribution in [3.63, 3.8) is 0 Å². The van der Waals surface area contributed by atoms with Crippen molar-refractivity contribution in [1.82, 2.24) is 16.0 Å². The molecular formula is C69H129N3O3. The highest BCUT2D eigenvalue weighted by Gasteiger charge is 2.38. The second-order valence-corrected chi connectivity index (χ2v) is 23.6. The maximum Gasteiger partial charge on any atom is 0.223 e. The summed E-state index contributed by atoms with van der Waals surface area (Å²) in [4.78, 5) is 40.8. The molecule has 0 spiro atoms. The van der Waals surface area contributed by atoms with Crippen LogP contribution in [0.15, 0.2) is 36.5 Å². The molecule has 0 aromatic rings. The Morgan fingerprint density at radius 3 is 0.600 bits per heavy atom. The summed E-state index contributed by atoms with van der Waals surface area (Å²) in [5.74, 6) is -0.803. The van der Waals surface area contributed by atoms with E-state index in [0.717, 1.165) is 38.5 Å². The summed E-state index contributed by atoms with van der Waals surface area (Å²) in [5.41, 5.74) is 0. The fraction of sp³-hybridized carbons (Fsp3) is 0.870. The number of carbonyl (C=O) groups is 3. The minimum Gasteiger partial charge on any atom is -0.356 e. The summed E-state index contributed by atoms with van der Waals surface area (Å²) < 4.78 is 0. The van der Waals surface area contributed by atoms with Crippen molar-refractivity contribution in [1.29, 1.82) is 0 Å². The Morgan fingerprint density at radius 2 is 0.413 bits per heavy atom. The molecule has 0 bridgehead atoms. The molecule has 0 aromatic carbocycles. The predicted octanol–water partition coefficient (Wildman–Crippen LogP) is 20.8. The summed E-state index contributed by atoms with van der Waals surface area (Å²) in [7, 11) is 0. The van der Waals surface area contributed by atoms with Gasteiger partial charge in [-0.2, -0.15) is 0 Å². The number of unbranched alkanes of at least 4 members (excludes halogenated alkanes) is 42. The summed E-state index contributed by atoms with van der Waals surface area (Å²) in [5, 5.41) is 9.66. The molecule has 0 heterocycles. The first-order chi connectivity index (χ1) is 37.0. The van der Waals surface area contributed by atoms with E-state index < -0.39 is 0 Å². The molecule has 0 aromatic heterocycles. The van der Waals surface area contributed by atoms with Gasteiger partial charge < -0.3 is 16.0 Å². The van der Waals surface area contributed by atoms with E-state index in [1.54, 1.807) is 0 Å². The number of allylic oxidation sites excluding steroid dienone is 6. The minimum atomic E-state index is -0.297. The van der Waals surface area contributed by atoms with Crippen LogP contribution in [0.2, 0.25) is 0 Å². The fourth-order valence-electron chi connectivity index (χ4n) is 11.2. The number of hydrogen-bond donors (Lipinski definition) is 3. The van der Waals surface area contributed by atoms with Gasteiger partial charge in [-0.25, -0.2) is 0 Å². The van der Waals surface area contributed by atoms with E-state index in [1.807, 2.05) is 0 Å². The fourth-order valence-corrected chi connectivity index (χ4v) is 11.2. The van der Waals surface area contributed by atoms with Crippen LogP contribution in [0.5, 0.6) is 0 Å². The van der Waals surface area contributed by atoms with Crippen LogP contribution in [0.3, 0.4) is 0 Å². The number of amides is 3. The average molecular weight is 1050 g/mol. The molecule has 1 aliphatic carbocycles. The highest BCUT2D eigenvalue weighted by Crippen LogP contribution is 2.34. The van der Waals surface area contributed by atoms with Gasteiger partial charge in [-0.3, -0.25) is 14.4 Å². The largest absolute Gasteiger partial charge is 0.356 e. The third-order valence-corrected chi connectivity index (χ3v) is 16.3. The number of hydrogen-bond acceptors (Lipinski definition) is 3. The summed E-state index contributed by atoms with van der Waals surface area (Å²) >= 11 is 0. The van der Waals surface area contributed by atoms with Gasteiger partial charge in [0.25, 0.3) is 0 Å². The van der Waals surface area contributed by atoms with Crippen LogP contribution < -0.4 is 16.0 Å². The summed E-state index contributed by atoms with van der Waals surface area (Å²) in [6, 6.07) is 0. The second-order valence-electron chi connectivity index (χ2n) is 23.6. The van der Waals surface area contributed by atoms with Gasteiger partial charge in [0, 0.05) is 37.4 Å². The highest BCUT2D eigenvalue weighted by atomic mass is 16.2. The van der Waals surface area contributed by atoms with Gasteiger partial charge in [0.2, 0.25) is 17.7 Å². The Morgan fingerprint density at radius 1 is 0.253 bits per heavy atom. The van der Waals surface area contributed by atoms with Crippen molar-refractivity contribution in [3.8, 4) is 0 Å². The van der Waals surface area contributed by atoms with E-state index >= 15 is 0 Å². The molecule has 438 valence electrons. The van der Waals surface area contributed by atoms with E-state index in [2.05, 4.69) is 73.2 Å². The number of carbonyl (C=O) groups excluding carboxylic acids is 3. The first-order valence-corrected chi connectivity index (χ1v) is 33.8. The van der Waals surface area contributed by atoms with Crippen molar-refractivity contribution >= 4 is 17.7 Å². The van der Waals surface area contributed by atoms with Crippen LogP contribution in [-0.2, 0) is 14.4 Å². The summed E-state index contributed by atoms with van der Waals surface area (Å²) in [6.07, 6.45) is 77.9. The van der Waals surface area contributed by atoms with E-state index in [4.69, 9.17) is 0 Å². The maximum atomic E-state index is 13.6. The summed E-state index contributed by atoms with van der Waals surface area (Å²) in [6.45, 7) is 8.89. The van der Waals surface area contributed by atoms with Crippen molar-refractivity contribution in [2.45, 2.75) is 348 Å². The molecule has 0 unspecified atom stereocenters. The van der Waals surface area contributed by atoms with Crippen LogP contribution >= 0.6 is 0 Å². The van der Waals surface area contributed by atoms with E-state index in [9.17, 15) is 14.4 Å². The molecule has 6 nitrogen and oxygen atoms in total. The molecule has 0 atom stereocenters. The van der Waals surface area contributed by atoms with Gasteiger partial charge in [-0.15, -0.1) is 0 Å². The molecule has 1 fully saturated rings. The SMILES string of the molecule is CCCCCCCCCC/C=C\CCCCCCCCNC(=O)C1C[C@H](C(=O)NCCCCCCCC/C=C\CCCCCCCCCC)C[C@H](C(=O)NCCCCCCCC/C=C\CCCCCCCCCC)C1. The third kappa shape index (κ3) is 48.5. The first-order valence-electron chi connectivity index (χ1n) is 33.8. The van der Waals surface area contributed by atoms with E-state index in [1.165, 1.54) is 270 Å². The van der Waals surface area contributed by atoms with Crippen molar-refractivity contribution < 1.29 is 14.4 Å². The molecule has 0 radical (unpaired) electrons. The molecule has 3 N–H and O–H groups in total. The lowest BCUT2D eigenvalue weighted by Gasteiger charge is -2.33. The predicted molar refractivity (Wildman–Crippen MR) is 329 cm³/mol. The molecule has 1 saturated carbocycles. The molecule has 1 rings (SSSR count). The lowest BCUT2D eigenvalue weighted by Crippen LogP contribution is -2.45. The van der Waals surface area contributed by atoms with Crippen LogP contribution in [0.1, 0.15) is 348 Å². The Balaban J connectivity index is 2.37. The first kappa shape index (κ1) is 70.6. The van der Waals surface area contributed by atoms with Gasteiger partial charge in [0.15, 0.2) is 0 Å². The van der Waals surface area contributed by atoms with Crippen LogP contribution in [0.4, 0.5) is 0 Å². The van der Waals surface area contributed by atoms with Gasteiger partial charge >= 0.3 is 0 Å². The van der Waals surface area contributed by atoms with Gasteiger partial charge in [-0.1, -0.05) is 269 Å².